The number of ether oxygens (including phenoxy) is 2. The van der Waals surface area contributed by atoms with E-state index in [1.807, 2.05) is 31.2 Å². The summed E-state index contributed by atoms with van der Waals surface area (Å²) in [7, 11) is 1.70. The van der Waals surface area contributed by atoms with Crippen molar-refractivity contribution < 1.29 is 9.47 Å². The van der Waals surface area contributed by atoms with E-state index in [2.05, 4.69) is 6.92 Å². The molecule has 0 saturated carbocycles. The summed E-state index contributed by atoms with van der Waals surface area (Å²) in [4.78, 5) is 0. The van der Waals surface area contributed by atoms with Gasteiger partial charge in [0.15, 0.2) is 0 Å². The number of methoxy groups -OCH3 is 1. The fraction of sp³-hybridized carbons (Fsp3) is 0.538. The molecule has 3 nitrogen and oxygen atoms in total. The molecule has 1 heterocycles. The van der Waals surface area contributed by atoms with Crippen LogP contribution in [0.1, 0.15) is 31.9 Å². The standard InChI is InChI=1S/C13H19NO2/c1-9(15-3)13(2)8-11(14)10-6-4-5-7-12(10)16-13/h4-7,9,11H,8,14H2,1-3H3. The average molecular weight is 221 g/mol. The summed E-state index contributed by atoms with van der Waals surface area (Å²) < 4.78 is 11.4. The molecule has 1 aliphatic rings. The predicted octanol–water partition coefficient (Wildman–Crippen LogP) is 2.26. The lowest BCUT2D eigenvalue weighted by molar-refractivity contribution is -0.0707. The normalized spacial score (nSPS) is 30.4. The maximum atomic E-state index is 6.18. The van der Waals surface area contributed by atoms with Crippen LogP contribution in [0.3, 0.4) is 0 Å². The Morgan fingerprint density at radius 2 is 2.19 bits per heavy atom. The van der Waals surface area contributed by atoms with Gasteiger partial charge in [0.1, 0.15) is 11.4 Å². The number of benzene rings is 1. The van der Waals surface area contributed by atoms with Crippen LogP contribution in [0.15, 0.2) is 24.3 Å². The lowest BCUT2D eigenvalue weighted by atomic mass is 9.85. The predicted molar refractivity (Wildman–Crippen MR) is 63.5 cm³/mol. The molecule has 3 atom stereocenters. The molecular weight excluding hydrogens is 202 g/mol. The van der Waals surface area contributed by atoms with Crippen molar-refractivity contribution in [3.05, 3.63) is 29.8 Å². The van der Waals surface area contributed by atoms with Crippen molar-refractivity contribution in [1.29, 1.82) is 0 Å². The largest absolute Gasteiger partial charge is 0.484 e. The quantitative estimate of drug-likeness (QED) is 0.833. The summed E-state index contributed by atoms with van der Waals surface area (Å²) in [5.74, 6) is 0.882. The minimum Gasteiger partial charge on any atom is -0.484 e. The summed E-state index contributed by atoms with van der Waals surface area (Å²) in [6.07, 6.45) is 0.797. The lowest BCUT2D eigenvalue weighted by Gasteiger charge is -2.41. The van der Waals surface area contributed by atoms with Gasteiger partial charge >= 0.3 is 0 Å². The molecule has 16 heavy (non-hydrogen) atoms. The van der Waals surface area contributed by atoms with E-state index in [-0.39, 0.29) is 17.7 Å². The Kier molecular flexibility index (Phi) is 2.91. The average Bonchev–Trinajstić information content (AvgIpc) is 2.27. The topological polar surface area (TPSA) is 44.5 Å². The third-order valence-electron chi connectivity index (χ3n) is 3.50. The highest BCUT2D eigenvalue weighted by Gasteiger charge is 2.40. The van der Waals surface area contributed by atoms with Gasteiger partial charge in [0, 0.05) is 25.1 Å². The Bertz CT molecular complexity index is 380. The number of para-hydroxylation sites is 1. The first-order chi connectivity index (χ1) is 7.57. The third-order valence-corrected chi connectivity index (χ3v) is 3.50. The molecule has 0 bridgehead atoms. The first-order valence-electron chi connectivity index (χ1n) is 5.63. The van der Waals surface area contributed by atoms with Crippen LogP contribution in [0.2, 0.25) is 0 Å². The van der Waals surface area contributed by atoms with E-state index in [4.69, 9.17) is 15.2 Å². The molecule has 2 rings (SSSR count). The van der Waals surface area contributed by atoms with Gasteiger partial charge in [0.05, 0.1) is 6.10 Å². The van der Waals surface area contributed by atoms with Gasteiger partial charge in [-0.3, -0.25) is 0 Å². The van der Waals surface area contributed by atoms with Gasteiger partial charge in [-0.05, 0) is 19.9 Å². The van der Waals surface area contributed by atoms with E-state index in [9.17, 15) is 0 Å². The molecule has 1 aromatic rings. The lowest BCUT2D eigenvalue weighted by Crippen LogP contribution is -2.49. The fourth-order valence-electron chi connectivity index (χ4n) is 2.22. The zero-order chi connectivity index (χ0) is 11.8. The molecule has 0 fully saturated rings. The number of fused-ring (bicyclic) bond motifs is 1. The first kappa shape index (κ1) is 11.4. The molecule has 3 heteroatoms. The SMILES string of the molecule is COC(C)C1(C)CC(N)c2ccccc2O1. The van der Waals surface area contributed by atoms with Crippen molar-refractivity contribution in [2.75, 3.05) is 7.11 Å². The van der Waals surface area contributed by atoms with Gasteiger partial charge in [-0.1, -0.05) is 18.2 Å². The van der Waals surface area contributed by atoms with Crippen molar-refractivity contribution in [1.82, 2.24) is 0 Å². The van der Waals surface area contributed by atoms with E-state index in [0.29, 0.717) is 0 Å². The minimum absolute atomic E-state index is 0.0203. The summed E-state index contributed by atoms with van der Waals surface area (Å²) in [5, 5.41) is 0. The zero-order valence-corrected chi connectivity index (χ0v) is 10.1. The highest BCUT2D eigenvalue weighted by atomic mass is 16.5. The number of rotatable bonds is 2. The second-order valence-electron chi connectivity index (χ2n) is 4.64. The monoisotopic (exact) mass is 221 g/mol. The van der Waals surface area contributed by atoms with E-state index < -0.39 is 0 Å². The number of hydrogen-bond acceptors (Lipinski definition) is 3. The van der Waals surface area contributed by atoms with Crippen LogP contribution in [0, 0.1) is 0 Å². The summed E-state index contributed by atoms with van der Waals surface area (Å²) in [5.41, 5.74) is 6.92. The molecule has 0 aromatic heterocycles. The first-order valence-corrected chi connectivity index (χ1v) is 5.63. The van der Waals surface area contributed by atoms with Crippen LogP contribution >= 0.6 is 0 Å². The molecule has 0 amide bonds. The summed E-state index contributed by atoms with van der Waals surface area (Å²) in [6, 6.07) is 7.97. The molecule has 0 radical (unpaired) electrons. The Morgan fingerprint density at radius 3 is 2.88 bits per heavy atom. The highest BCUT2D eigenvalue weighted by molar-refractivity contribution is 5.38. The molecule has 1 aliphatic heterocycles. The van der Waals surface area contributed by atoms with Gasteiger partial charge in [-0.2, -0.15) is 0 Å². The van der Waals surface area contributed by atoms with E-state index in [1.165, 1.54) is 0 Å². The second kappa shape index (κ2) is 4.07. The molecule has 0 spiro atoms. The molecule has 1 aromatic carbocycles. The van der Waals surface area contributed by atoms with Gasteiger partial charge in [0.25, 0.3) is 0 Å². The van der Waals surface area contributed by atoms with E-state index in [0.717, 1.165) is 17.7 Å². The molecule has 0 aliphatic carbocycles. The van der Waals surface area contributed by atoms with Crippen LogP contribution in [-0.2, 0) is 4.74 Å². The second-order valence-corrected chi connectivity index (χ2v) is 4.64. The molecule has 0 saturated heterocycles. The highest BCUT2D eigenvalue weighted by Crippen LogP contribution is 2.40. The van der Waals surface area contributed by atoms with Gasteiger partial charge in [-0.15, -0.1) is 0 Å². The molecule has 88 valence electrons. The van der Waals surface area contributed by atoms with Crippen molar-refractivity contribution in [3.63, 3.8) is 0 Å². The number of hydrogen-bond donors (Lipinski definition) is 1. The smallest absolute Gasteiger partial charge is 0.134 e. The van der Waals surface area contributed by atoms with Crippen LogP contribution < -0.4 is 10.5 Å². The minimum atomic E-state index is -0.345. The van der Waals surface area contributed by atoms with Crippen LogP contribution in [0.25, 0.3) is 0 Å². The van der Waals surface area contributed by atoms with Gasteiger partial charge < -0.3 is 15.2 Å². The van der Waals surface area contributed by atoms with Gasteiger partial charge in [0.2, 0.25) is 0 Å². The van der Waals surface area contributed by atoms with Crippen LogP contribution in [-0.4, -0.2) is 18.8 Å². The Hall–Kier alpha value is -1.06. The van der Waals surface area contributed by atoms with E-state index >= 15 is 0 Å². The molecule has 2 N–H and O–H groups in total. The zero-order valence-electron chi connectivity index (χ0n) is 10.1. The van der Waals surface area contributed by atoms with Crippen molar-refractivity contribution in [2.45, 2.75) is 38.0 Å². The summed E-state index contributed by atoms with van der Waals surface area (Å²) in [6.45, 7) is 4.07. The third kappa shape index (κ3) is 1.81. The van der Waals surface area contributed by atoms with Gasteiger partial charge in [-0.25, -0.2) is 0 Å². The Balaban J connectivity index is 2.33. The van der Waals surface area contributed by atoms with Crippen molar-refractivity contribution >= 4 is 0 Å². The maximum absolute atomic E-state index is 6.18. The van der Waals surface area contributed by atoms with Crippen LogP contribution in [0.4, 0.5) is 0 Å². The van der Waals surface area contributed by atoms with Crippen molar-refractivity contribution in [2.24, 2.45) is 5.73 Å². The van der Waals surface area contributed by atoms with E-state index in [1.54, 1.807) is 7.11 Å². The molecular formula is C13H19NO2. The number of nitrogens with two attached hydrogens (primary N) is 1. The van der Waals surface area contributed by atoms with Crippen molar-refractivity contribution in [3.8, 4) is 5.75 Å². The maximum Gasteiger partial charge on any atom is 0.134 e. The fourth-order valence-corrected chi connectivity index (χ4v) is 2.22. The molecule has 3 unspecified atom stereocenters. The van der Waals surface area contributed by atoms with Crippen LogP contribution in [0.5, 0.6) is 5.75 Å². The Morgan fingerprint density at radius 1 is 1.50 bits per heavy atom. The Labute approximate surface area is 96.5 Å². The summed E-state index contributed by atoms with van der Waals surface area (Å²) >= 11 is 0.